The first kappa shape index (κ1) is 18.9. The molecule has 0 unspecified atom stereocenters. The third-order valence-electron chi connectivity index (χ3n) is 5.31. The highest BCUT2D eigenvalue weighted by molar-refractivity contribution is 5.76. The molecule has 6 heteroatoms. The molecule has 0 bridgehead atoms. The molecule has 0 radical (unpaired) electrons. The normalized spacial score (nSPS) is 14.4. The number of benzene rings is 2. The second kappa shape index (κ2) is 8.29. The van der Waals surface area contributed by atoms with Gasteiger partial charge in [0.1, 0.15) is 17.4 Å². The average Bonchev–Trinajstić information content (AvgIpc) is 2.79. The Kier molecular flexibility index (Phi) is 5.41. The number of ether oxygens (including phenoxy) is 1. The first-order chi connectivity index (χ1) is 14.2. The van der Waals surface area contributed by atoms with Gasteiger partial charge in [0.15, 0.2) is 11.6 Å². The van der Waals surface area contributed by atoms with Crippen molar-refractivity contribution in [2.24, 2.45) is 0 Å². The number of piperazine rings is 1. The van der Waals surface area contributed by atoms with Crippen LogP contribution in [-0.4, -0.2) is 50.3 Å². The second-order valence-electron chi connectivity index (χ2n) is 7.24. The molecule has 4 rings (SSSR count). The van der Waals surface area contributed by atoms with Crippen LogP contribution in [0.5, 0.6) is 5.75 Å². The van der Waals surface area contributed by atoms with Crippen LogP contribution in [0.2, 0.25) is 0 Å². The van der Waals surface area contributed by atoms with Crippen molar-refractivity contribution in [3.05, 3.63) is 60.2 Å². The van der Waals surface area contributed by atoms with Crippen molar-refractivity contribution in [3.8, 4) is 34.5 Å². The summed E-state index contributed by atoms with van der Waals surface area (Å²) in [6, 6.07) is 19.9. The molecule has 0 aliphatic carbocycles. The van der Waals surface area contributed by atoms with Crippen molar-refractivity contribution >= 4 is 5.82 Å². The third kappa shape index (κ3) is 3.91. The summed E-state index contributed by atoms with van der Waals surface area (Å²) in [5, 5.41) is 10.0. The predicted octanol–water partition coefficient (Wildman–Crippen LogP) is 2.03. The smallest absolute Gasteiger partial charge is 0.162 e. The van der Waals surface area contributed by atoms with Crippen LogP contribution in [0.1, 0.15) is 5.56 Å². The Morgan fingerprint density at radius 2 is 1.66 bits per heavy atom. The number of likely N-dealkylation sites (N-methyl/N-ethyl adjacent to an activating group) is 1. The summed E-state index contributed by atoms with van der Waals surface area (Å²) in [7, 11) is 3.84. The van der Waals surface area contributed by atoms with Gasteiger partial charge in [-0.05, 0) is 24.3 Å². The summed E-state index contributed by atoms with van der Waals surface area (Å²) in [5.41, 5.74) is 3.00. The van der Waals surface area contributed by atoms with Crippen LogP contribution in [-0.2, 0) is 0 Å². The molecule has 3 aromatic rings. The first-order valence-electron chi connectivity index (χ1n) is 9.78. The highest BCUT2D eigenvalue weighted by atomic mass is 16.5. The molecule has 0 spiro atoms. The number of nitrogens with zero attached hydrogens (tertiary/aromatic N) is 4. The minimum atomic E-state index is 0.523. The summed E-state index contributed by atoms with van der Waals surface area (Å²) < 4.78 is 5.28. The van der Waals surface area contributed by atoms with Gasteiger partial charge in [0, 0.05) is 11.1 Å². The van der Waals surface area contributed by atoms with Crippen molar-refractivity contribution in [2.45, 2.75) is 0 Å². The van der Waals surface area contributed by atoms with Crippen LogP contribution in [0.15, 0.2) is 54.6 Å². The lowest BCUT2D eigenvalue weighted by molar-refractivity contribution is -0.880. The minimum Gasteiger partial charge on any atom is -0.497 e. The summed E-state index contributed by atoms with van der Waals surface area (Å²) in [6.07, 6.45) is 0. The van der Waals surface area contributed by atoms with E-state index in [-0.39, 0.29) is 0 Å². The van der Waals surface area contributed by atoms with Crippen molar-refractivity contribution in [3.63, 3.8) is 0 Å². The maximum Gasteiger partial charge on any atom is 0.162 e. The fourth-order valence-corrected chi connectivity index (χ4v) is 3.56. The van der Waals surface area contributed by atoms with Gasteiger partial charge >= 0.3 is 0 Å². The minimum absolute atomic E-state index is 0.523. The van der Waals surface area contributed by atoms with Crippen LogP contribution in [0.4, 0.5) is 5.82 Å². The summed E-state index contributed by atoms with van der Waals surface area (Å²) >= 11 is 0. The first-order valence-corrected chi connectivity index (χ1v) is 9.78. The predicted molar refractivity (Wildman–Crippen MR) is 113 cm³/mol. The Labute approximate surface area is 171 Å². The number of anilines is 1. The fraction of sp³-hybridized carbons (Fsp3) is 0.261. The molecule has 0 saturated carbocycles. The van der Waals surface area contributed by atoms with E-state index in [9.17, 15) is 5.26 Å². The topological polar surface area (TPSA) is 66.5 Å². The van der Waals surface area contributed by atoms with Crippen molar-refractivity contribution in [1.82, 2.24) is 9.97 Å². The van der Waals surface area contributed by atoms with Gasteiger partial charge in [-0.1, -0.05) is 30.3 Å². The monoisotopic (exact) mass is 386 g/mol. The van der Waals surface area contributed by atoms with Gasteiger partial charge in [0.25, 0.3) is 0 Å². The van der Waals surface area contributed by atoms with Gasteiger partial charge in [0.05, 0.1) is 46.0 Å². The molecule has 146 valence electrons. The standard InChI is InChI=1S/C23H23N5O/c1-27-12-14-28(15-13-27)23-20(16-24)21(17-8-10-19(29-2)11-9-17)25-22(26-23)18-6-4-3-5-7-18/h3-11H,12-15H2,1-2H3/p+1. The summed E-state index contributed by atoms with van der Waals surface area (Å²) in [5.74, 6) is 2.13. The molecule has 2 heterocycles. The number of hydrogen-bond acceptors (Lipinski definition) is 5. The van der Waals surface area contributed by atoms with E-state index in [2.05, 4.69) is 18.0 Å². The van der Waals surface area contributed by atoms with E-state index < -0.39 is 0 Å². The number of quaternary nitrogens is 1. The molecule has 2 aromatic carbocycles. The highest BCUT2D eigenvalue weighted by Gasteiger charge is 2.25. The van der Waals surface area contributed by atoms with Gasteiger partial charge in [0.2, 0.25) is 0 Å². The van der Waals surface area contributed by atoms with Gasteiger partial charge < -0.3 is 14.5 Å². The number of hydrogen-bond donors (Lipinski definition) is 1. The average molecular weight is 386 g/mol. The largest absolute Gasteiger partial charge is 0.497 e. The quantitative estimate of drug-likeness (QED) is 0.743. The van der Waals surface area contributed by atoms with E-state index in [0.717, 1.165) is 48.9 Å². The Hall–Kier alpha value is -3.43. The lowest BCUT2D eigenvalue weighted by Crippen LogP contribution is -3.12. The van der Waals surface area contributed by atoms with Crippen LogP contribution in [0.25, 0.3) is 22.6 Å². The molecule has 1 fully saturated rings. The Morgan fingerprint density at radius 3 is 2.28 bits per heavy atom. The van der Waals surface area contributed by atoms with E-state index in [4.69, 9.17) is 14.7 Å². The molecule has 1 aromatic heterocycles. The van der Waals surface area contributed by atoms with Gasteiger partial charge in [-0.15, -0.1) is 0 Å². The van der Waals surface area contributed by atoms with E-state index in [0.29, 0.717) is 17.1 Å². The maximum absolute atomic E-state index is 10.0. The molecule has 1 N–H and O–H groups in total. The van der Waals surface area contributed by atoms with E-state index in [1.165, 1.54) is 4.90 Å². The van der Waals surface area contributed by atoms with Crippen LogP contribution in [0, 0.1) is 11.3 Å². The van der Waals surface area contributed by atoms with Crippen LogP contribution >= 0.6 is 0 Å². The number of aromatic nitrogens is 2. The summed E-state index contributed by atoms with van der Waals surface area (Å²) in [4.78, 5) is 13.4. The Morgan fingerprint density at radius 1 is 0.966 bits per heavy atom. The van der Waals surface area contributed by atoms with E-state index in [1.54, 1.807) is 7.11 Å². The van der Waals surface area contributed by atoms with Gasteiger partial charge in [-0.25, -0.2) is 9.97 Å². The summed E-state index contributed by atoms with van der Waals surface area (Å²) in [6.45, 7) is 3.78. The fourth-order valence-electron chi connectivity index (χ4n) is 3.56. The zero-order valence-corrected chi connectivity index (χ0v) is 16.7. The second-order valence-corrected chi connectivity index (χ2v) is 7.24. The zero-order chi connectivity index (χ0) is 20.2. The number of nitrogens with one attached hydrogen (secondary N) is 1. The SMILES string of the molecule is COc1ccc(-c2nc(-c3ccccc3)nc(N3CC[NH+](C)CC3)c2C#N)cc1. The molecular formula is C23H24N5O+. The van der Waals surface area contributed by atoms with E-state index >= 15 is 0 Å². The number of methoxy groups -OCH3 is 1. The van der Waals surface area contributed by atoms with Gasteiger partial charge in [-0.2, -0.15) is 5.26 Å². The number of nitriles is 1. The van der Waals surface area contributed by atoms with Crippen LogP contribution < -0.4 is 14.5 Å². The lowest BCUT2D eigenvalue weighted by Gasteiger charge is -2.31. The molecule has 0 atom stereocenters. The highest BCUT2D eigenvalue weighted by Crippen LogP contribution is 2.32. The molecule has 1 aliphatic heterocycles. The molecule has 0 amide bonds. The number of rotatable bonds is 4. The maximum atomic E-state index is 10.0. The zero-order valence-electron chi connectivity index (χ0n) is 16.7. The van der Waals surface area contributed by atoms with Crippen molar-refractivity contribution < 1.29 is 9.64 Å². The molecule has 29 heavy (non-hydrogen) atoms. The van der Waals surface area contributed by atoms with Crippen molar-refractivity contribution in [1.29, 1.82) is 5.26 Å². The lowest BCUT2D eigenvalue weighted by atomic mass is 10.1. The molecule has 1 saturated heterocycles. The molecular weight excluding hydrogens is 362 g/mol. The Bertz CT molecular complexity index is 1020. The van der Waals surface area contributed by atoms with Gasteiger partial charge in [-0.3, -0.25) is 0 Å². The third-order valence-corrected chi connectivity index (χ3v) is 5.31. The molecule has 6 nitrogen and oxygen atoms in total. The molecule has 1 aliphatic rings. The Balaban J connectivity index is 1.88. The van der Waals surface area contributed by atoms with E-state index in [1.807, 2.05) is 54.6 Å². The van der Waals surface area contributed by atoms with Crippen molar-refractivity contribution in [2.75, 3.05) is 45.2 Å². The van der Waals surface area contributed by atoms with Crippen LogP contribution in [0.3, 0.4) is 0 Å².